The van der Waals surface area contributed by atoms with Crippen LogP contribution in [0.3, 0.4) is 0 Å². The quantitative estimate of drug-likeness (QED) is 0.0423. The summed E-state index contributed by atoms with van der Waals surface area (Å²) in [5, 5.41) is 152. The molecule has 21 atom stereocenters. The molecule has 4 amide bonds. The number of Topliss-reactive ketones (excluding diaryl/α,β-unsaturated/α-hetero) is 1. The Morgan fingerprint density at radius 2 is 0.868 bits per heavy atom. The predicted molar refractivity (Wildman–Crippen MR) is 217 cm³/mol. The normalized spacial score (nSPS) is 39.0. The number of ketones is 1. The van der Waals surface area contributed by atoms with E-state index in [1.165, 1.54) is 6.92 Å². The fourth-order valence-electron chi connectivity index (χ4n) is 7.77. The first-order valence-electron chi connectivity index (χ1n) is 22.0. The lowest BCUT2D eigenvalue weighted by atomic mass is 9.96. The predicted octanol–water partition coefficient (Wildman–Crippen LogP) is -10.6. The highest BCUT2D eigenvalue weighted by Gasteiger charge is 2.52. The van der Waals surface area contributed by atoms with Gasteiger partial charge in [-0.05, 0) is 26.2 Å². The molecule has 4 aliphatic rings. The van der Waals surface area contributed by atoms with Gasteiger partial charge in [0.2, 0.25) is 23.6 Å². The Balaban J connectivity index is 1.12. The lowest BCUT2D eigenvalue weighted by Gasteiger charge is -2.46. The molecule has 392 valence electrons. The molecule has 4 rings (SSSR count). The molecule has 9 unspecified atom stereocenters. The van der Waals surface area contributed by atoms with Crippen molar-refractivity contribution in [2.75, 3.05) is 33.0 Å². The highest BCUT2D eigenvalue weighted by molar-refractivity contribution is 5.89. The molecule has 0 aliphatic carbocycles. The number of rotatable bonds is 23. The number of ether oxygens (including phenoxy) is 6. The molecule has 68 heavy (non-hydrogen) atoms. The van der Waals surface area contributed by atoms with Crippen LogP contribution in [0.25, 0.3) is 0 Å². The summed E-state index contributed by atoms with van der Waals surface area (Å²) in [5.74, 6) is -3.26. The summed E-state index contributed by atoms with van der Waals surface area (Å²) in [6, 6.07) is -0.953. The third-order valence-corrected chi connectivity index (χ3v) is 11.8. The maximum atomic E-state index is 12.7. The van der Waals surface area contributed by atoms with Crippen LogP contribution in [0.5, 0.6) is 0 Å². The van der Waals surface area contributed by atoms with Gasteiger partial charge in [-0.15, -0.1) is 0 Å². The van der Waals surface area contributed by atoms with Crippen LogP contribution in [0.4, 0.5) is 0 Å². The Bertz CT molecular complexity index is 1630. The summed E-state index contributed by atoms with van der Waals surface area (Å²) >= 11 is 0. The minimum Gasteiger partial charge on any atom is -0.394 e. The van der Waals surface area contributed by atoms with E-state index in [-0.39, 0.29) is 19.4 Å². The van der Waals surface area contributed by atoms with Crippen molar-refractivity contribution in [1.29, 1.82) is 0 Å². The number of aliphatic hydroxyl groups is 14. The first kappa shape index (κ1) is 57.3. The Morgan fingerprint density at radius 3 is 1.26 bits per heavy atom. The molecule has 0 radical (unpaired) electrons. The Kier molecular flexibility index (Phi) is 22.6. The second-order valence-electron chi connectivity index (χ2n) is 16.8. The van der Waals surface area contributed by atoms with E-state index >= 15 is 0 Å². The molecular weight excluding hydrogens is 924 g/mol. The van der Waals surface area contributed by atoms with Gasteiger partial charge in [0.15, 0.2) is 30.8 Å². The van der Waals surface area contributed by atoms with Crippen molar-refractivity contribution < 1.29 is 124 Å². The standard InChI is InChI=1S/C39H66N4O25/c1-14(48)15(41-21(50)7-8-23(52)43-37-31(60)29(58)35(19(13-47)64-37)68-39-33(62)27(56)25(54)17(11-45)66-39)4-2-3-9-40-20(49)5-6-22(51)42-36-30(59)28(57)34(18(12-46)63-36)67-38-32(61)26(55)24(53)16(10-44)65-38/h15-19,24-39,44-47,53-62H,2-13H2,1H3,(H,40,49)(H,41,50)(H,42,51)(H,43,52)/t15?,16?,17?,18?,19?,24-,25-,26?,27?,28+,29+,30?,31?,32-,33-,34+,35+,36+,37+,38-,39-/m0/s1. The van der Waals surface area contributed by atoms with Crippen LogP contribution in [0.1, 0.15) is 51.9 Å². The number of carbonyl (C=O) groups is 5. The summed E-state index contributed by atoms with van der Waals surface area (Å²) in [7, 11) is 0. The summed E-state index contributed by atoms with van der Waals surface area (Å²) in [5.41, 5.74) is 0. The molecule has 29 nitrogen and oxygen atoms in total. The zero-order chi connectivity index (χ0) is 50.6. The van der Waals surface area contributed by atoms with Gasteiger partial charge in [-0.25, -0.2) is 0 Å². The minimum absolute atomic E-state index is 0.116. The van der Waals surface area contributed by atoms with E-state index in [0.29, 0.717) is 12.8 Å². The average molecular weight is 991 g/mol. The van der Waals surface area contributed by atoms with Crippen LogP contribution in [-0.2, 0) is 52.4 Å². The monoisotopic (exact) mass is 990 g/mol. The molecular formula is C39H66N4O25. The first-order valence-corrected chi connectivity index (χ1v) is 22.0. The van der Waals surface area contributed by atoms with Gasteiger partial charge in [0.1, 0.15) is 97.7 Å². The smallest absolute Gasteiger partial charge is 0.222 e. The number of hydrogen-bond acceptors (Lipinski definition) is 25. The number of amides is 4. The van der Waals surface area contributed by atoms with Gasteiger partial charge in [0.05, 0.1) is 32.5 Å². The fourth-order valence-corrected chi connectivity index (χ4v) is 7.77. The number of aliphatic hydroxyl groups excluding tert-OH is 14. The molecule has 4 heterocycles. The summed E-state index contributed by atoms with van der Waals surface area (Å²) in [4.78, 5) is 62.7. The van der Waals surface area contributed by atoms with Gasteiger partial charge < -0.3 is 121 Å². The van der Waals surface area contributed by atoms with Crippen LogP contribution in [-0.4, -0.2) is 263 Å². The van der Waals surface area contributed by atoms with Crippen LogP contribution < -0.4 is 21.3 Å². The van der Waals surface area contributed by atoms with Crippen molar-refractivity contribution >= 4 is 29.4 Å². The molecule has 0 aromatic carbocycles. The third kappa shape index (κ3) is 14.9. The summed E-state index contributed by atoms with van der Waals surface area (Å²) < 4.78 is 32.5. The van der Waals surface area contributed by atoms with Crippen molar-refractivity contribution in [2.45, 2.75) is 181 Å². The van der Waals surface area contributed by atoms with Gasteiger partial charge in [0, 0.05) is 32.2 Å². The highest BCUT2D eigenvalue weighted by Crippen LogP contribution is 2.30. The van der Waals surface area contributed by atoms with E-state index in [1.54, 1.807) is 0 Å². The molecule has 29 heteroatoms. The van der Waals surface area contributed by atoms with Crippen molar-refractivity contribution in [1.82, 2.24) is 21.3 Å². The average Bonchev–Trinajstić information content (AvgIpc) is 3.31. The highest BCUT2D eigenvalue weighted by atomic mass is 16.7. The molecule has 4 fully saturated rings. The van der Waals surface area contributed by atoms with E-state index < -0.39 is 204 Å². The van der Waals surface area contributed by atoms with Crippen LogP contribution >= 0.6 is 0 Å². The Hall–Kier alpha value is -3.25. The Labute approximate surface area is 387 Å². The van der Waals surface area contributed by atoms with Crippen molar-refractivity contribution in [2.24, 2.45) is 0 Å². The maximum Gasteiger partial charge on any atom is 0.222 e. The van der Waals surface area contributed by atoms with Gasteiger partial charge >= 0.3 is 0 Å². The second kappa shape index (κ2) is 26.8. The topological polar surface area (TPSA) is 472 Å². The number of carbonyl (C=O) groups excluding carboxylic acids is 5. The van der Waals surface area contributed by atoms with Gasteiger partial charge in [0.25, 0.3) is 0 Å². The lowest BCUT2D eigenvalue weighted by Crippen LogP contribution is -2.66. The van der Waals surface area contributed by atoms with Crippen LogP contribution in [0.15, 0.2) is 0 Å². The molecule has 4 aliphatic heterocycles. The van der Waals surface area contributed by atoms with Gasteiger partial charge in [-0.1, -0.05) is 0 Å². The van der Waals surface area contributed by atoms with E-state index in [2.05, 4.69) is 21.3 Å². The fraction of sp³-hybridized carbons (Fsp3) is 0.872. The molecule has 18 N–H and O–H groups in total. The summed E-state index contributed by atoms with van der Waals surface area (Å²) in [6.45, 7) is -1.86. The third-order valence-electron chi connectivity index (χ3n) is 11.8. The molecule has 0 bridgehead atoms. The second-order valence-corrected chi connectivity index (χ2v) is 16.8. The Morgan fingerprint density at radius 1 is 0.471 bits per heavy atom. The zero-order valence-corrected chi connectivity index (χ0v) is 36.9. The largest absolute Gasteiger partial charge is 0.394 e. The van der Waals surface area contributed by atoms with Crippen molar-refractivity contribution in [3.05, 3.63) is 0 Å². The maximum absolute atomic E-state index is 12.7. The van der Waals surface area contributed by atoms with Crippen LogP contribution in [0.2, 0.25) is 0 Å². The zero-order valence-electron chi connectivity index (χ0n) is 36.9. The van der Waals surface area contributed by atoms with Crippen molar-refractivity contribution in [3.63, 3.8) is 0 Å². The van der Waals surface area contributed by atoms with E-state index in [4.69, 9.17) is 28.4 Å². The number of nitrogens with one attached hydrogen (secondary N) is 4. The molecule has 0 aromatic heterocycles. The molecule has 0 aromatic rings. The van der Waals surface area contributed by atoms with Crippen molar-refractivity contribution in [3.8, 4) is 0 Å². The molecule has 4 saturated heterocycles. The first-order chi connectivity index (χ1) is 32.2. The van der Waals surface area contributed by atoms with E-state index in [9.17, 15) is 95.5 Å². The lowest BCUT2D eigenvalue weighted by molar-refractivity contribution is -0.343. The number of unbranched alkanes of at least 4 members (excludes halogenated alkanes) is 1. The summed E-state index contributed by atoms with van der Waals surface area (Å²) in [6.07, 6.45) is -34.5. The molecule has 0 saturated carbocycles. The molecule has 0 spiro atoms. The van der Waals surface area contributed by atoms with E-state index in [1.807, 2.05) is 0 Å². The van der Waals surface area contributed by atoms with Gasteiger partial charge in [-0.2, -0.15) is 0 Å². The van der Waals surface area contributed by atoms with Crippen LogP contribution in [0, 0.1) is 0 Å². The van der Waals surface area contributed by atoms with Gasteiger partial charge in [-0.3, -0.25) is 24.0 Å². The number of hydrogen-bond donors (Lipinski definition) is 18. The van der Waals surface area contributed by atoms with E-state index in [0.717, 1.165) is 0 Å². The minimum atomic E-state index is -1.89. The SMILES string of the molecule is CC(=O)C(CCCCNC(=O)CCC(=O)N[C@@H]1OC(CO)[C@@H](O[C@@H]2OC(CO)[C@H](O)C(O)[C@@H]2O)[C@H](O)C1O)NC(=O)CCC(=O)N[C@@H]1OC(CO)[C@@H](O[C@@H]2OC(CO)[C@H](O)C(O)[C@@H]2O)[C@H](O)C1O.